The van der Waals surface area contributed by atoms with E-state index in [1.54, 1.807) is 45.0 Å². The summed E-state index contributed by atoms with van der Waals surface area (Å²) in [5, 5.41) is 0. The van der Waals surface area contributed by atoms with E-state index in [-0.39, 0.29) is 6.54 Å². The molecule has 0 aromatic heterocycles. The number of nitrogens with one attached hydrogen (secondary N) is 1. The first-order valence-electron chi connectivity index (χ1n) is 7.82. The highest BCUT2D eigenvalue weighted by Gasteiger charge is 2.16. The quantitative estimate of drug-likeness (QED) is 0.738. The molecule has 136 valence electrons. The first-order valence-corrected chi connectivity index (χ1v) is 9.76. The predicted molar refractivity (Wildman–Crippen MR) is 106 cm³/mol. The molecule has 2 rings (SSSR count). The zero-order valence-electron chi connectivity index (χ0n) is 14.9. The van der Waals surface area contributed by atoms with Crippen LogP contribution < -0.4 is 4.72 Å². The molecule has 0 radical (unpaired) electrons. The molecule has 1 unspecified atom stereocenters. The zero-order chi connectivity index (χ0) is 18.9. The Morgan fingerprint density at radius 3 is 2.08 bits per heavy atom. The molecule has 0 aliphatic heterocycles. The third-order valence-electron chi connectivity index (χ3n) is 2.74. The molecule has 4 nitrogen and oxygen atoms in total. The van der Waals surface area contributed by atoms with Gasteiger partial charge in [-0.05, 0) is 52.0 Å². The number of benzene rings is 2. The first-order chi connectivity index (χ1) is 11.7. The number of halogens is 1. The average Bonchev–Trinajstić information content (AvgIpc) is 2.53. The first kappa shape index (κ1) is 21.5. The lowest BCUT2D eigenvalue weighted by atomic mass is 10.2. The van der Waals surface area contributed by atoms with Gasteiger partial charge < -0.3 is 4.74 Å². The van der Waals surface area contributed by atoms with Crippen LogP contribution in [0.25, 0.3) is 0 Å². The molecule has 0 aliphatic rings. The normalized spacial score (nSPS) is 11.9. The van der Waals surface area contributed by atoms with Crippen molar-refractivity contribution in [1.82, 2.24) is 4.72 Å². The van der Waals surface area contributed by atoms with Gasteiger partial charge in [-0.25, -0.2) is 8.93 Å². The van der Waals surface area contributed by atoms with E-state index in [1.165, 1.54) is 5.56 Å². The fourth-order valence-electron chi connectivity index (χ4n) is 1.68. The van der Waals surface area contributed by atoms with Crippen LogP contribution in [0.4, 0.5) is 0 Å². The molecule has 0 fully saturated rings. The number of esters is 1. The molecular formula is C19H24BrNO3S. The summed E-state index contributed by atoms with van der Waals surface area (Å²) in [5.74, 6) is -0.423. The van der Waals surface area contributed by atoms with Gasteiger partial charge in [-0.2, -0.15) is 0 Å². The molecule has 0 aliphatic carbocycles. The van der Waals surface area contributed by atoms with Crippen LogP contribution in [0.3, 0.4) is 0 Å². The highest BCUT2D eigenvalue weighted by molar-refractivity contribution is 9.10. The summed E-state index contributed by atoms with van der Waals surface area (Å²) >= 11 is 3.30. The lowest BCUT2D eigenvalue weighted by Crippen LogP contribution is -2.32. The number of ether oxygens (including phenoxy) is 1. The van der Waals surface area contributed by atoms with Crippen LogP contribution in [-0.4, -0.2) is 22.3 Å². The van der Waals surface area contributed by atoms with Crippen LogP contribution in [-0.2, 0) is 20.5 Å². The zero-order valence-corrected chi connectivity index (χ0v) is 17.3. The van der Waals surface area contributed by atoms with Gasteiger partial charge in [0.05, 0.1) is 4.90 Å². The molecule has 6 heteroatoms. The molecule has 2 aromatic carbocycles. The molecule has 0 saturated carbocycles. The maximum atomic E-state index is 11.8. The van der Waals surface area contributed by atoms with E-state index < -0.39 is 22.6 Å². The van der Waals surface area contributed by atoms with E-state index in [1.807, 2.05) is 18.2 Å². The van der Waals surface area contributed by atoms with Crippen molar-refractivity contribution in [2.45, 2.75) is 38.2 Å². The maximum Gasteiger partial charge on any atom is 0.321 e. The number of rotatable bonds is 4. The summed E-state index contributed by atoms with van der Waals surface area (Å²) in [6, 6.07) is 17.3. The van der Waals surface area contributed by atoms with Crippen LogP contribution in [0, 0.1) is 6.92 Å². The molecule has 0 bridgehead atoms. The Labute approximate surface area is 160 Å². The smallest absolute Gasteiger partial charge is 0.321 e. The van der Waals surface area contributed by atoms with Gasteiger partial charge in [-0.15, -0.1) is 0 Å². The Hall–Kier alpha value is -1.50. The van der Waals surface area contributed by atoms with Gasteiger partial charge in [0, 0.05) is 4.47 Å². The van der Waals surface area contributed by atoms with E-state index in [4.69, 9.17) is 4.74 Å². The number of hydrogen-bond donors (Lipinski definition) is 1. The van der Waals surface area contributed by atoms with Crippen LogP contribution in [0.2, 0.25) is 0 Å². The monoisotopic (exact) mass is 425 g/mol. The summed E-state index contributed by atoms with van der Waals surface area (Å²) in [6.45, 7) is 7.36. The topological polar surface area (TPSA) is 55.4 Å². The Morgan fingerprint density at radius 1 is 1.08 bits per heavy atom. The number of aryl methyl sites for hydroxylation is 1. The predicted octanol–water partition coefficient (Wildman–Crippen LogP) is 4.40. The largest absolute Gasteiger partial charge is 0.459 e. The standard InChI is InChI=1S/C12H16BrNO3S.C7H8/c1-12(2,3)17-11(15)8-14-18(16)10-6-4-9(13)5-7-10;1-7-5-3-2-4-6-7/h4-7,14H,8H2,1-3H3;2-6H,1H3. The van der Waals surface area contributed by atoms with Gasteiger partial charge in [0.1, 0.15) is 23.1 Å². The van der Waals surface area contributed by atoms with Crippen molar-refractivity contribution in [2.24, 2.45) is 0 Å². The molecule has 0 amide bonds. The number of carbonyl (C=O) groups is 1. The Bertz CT molecular complexity index is 682. The van der Waals surface area contributed by atoms with E-state index in [2.05, 4.69) is 39.7 Å². The number of hydrogen-bond acceptors (Lipinski definition) is 3. The summed E-state index contributed by atoms with van der Waals surface area (Å²) in [4.78, 5) is 12.0. The van der Waals surface area contributed by atoms with Crippen molar-refractivity contribution in [3.63, 3.8) is 0 Å². The highest BCUT2D eigenvalue weighted by atomic mass is 79.9. The minimum Gasteiger partial charge on any atom is -0.459 e. The molecule has 1 atom stereocenters. The second kappa shape index (κ2) is 10.5. The third-order valence-corrected chi connectivity index (χ3v) is 4.37. The van der Waals surface area contributed by atoms with Gasteiger partial charge in [0.2, 0.25) is 0 Å². The second-order valence-corrected chi connectivity index (χ2v) is 8.50. The lowest BCUT2D eigenvalue weighted by molar-refractivity contribution is -0.153. The SMILES string of the molecule is CC(C)(C)OC(=O)CNS(=O)c1ccc(Br)cc1.Cc1ccccc1. The van der Waals surface area contributed by atoms with Crippen LogP contribution in [0.1, 0.15) is 26.3 Å². The second-order valence-electron chi connectivity index (χ2n) is 6.28. The Balaban J connectivity index is 0.000000370. The summed E-state index contributed by atoms with van der Waals surface area (Å²) in [5.41, 5.74) is 0.792. The fraction of sp³-hybridized carbons (Fsp3) is 0.316. The van der Waals surface area contributed by atoms with E-state index >= 15 is 0 Å². The molecule has 25 heavy (non-hydrogen) atoms. The van der Waals surface area contributed by atoms with Crippen molar-refractivity contribution >= 4 is 32.9 Å². The summed E-state index contributed by atoms with van der Waals surface area (Å²) < 4.78 is 20.4. The molecule has 1 N–H and O–H groups in total. The van der Waals surface area contributed by atoms with Gasteiger partial charge in [-0.3, -0.25) is 4.79 Å². The van der Waals surface area contributed by atoms with E-state index in [9.17, 15) is 9.00 Å². The molecular weight excluding hydrogens is 402 g/mol. The molecule has 2 aromatic rings. The van der Waals surface area contributed by atoms with Gasteiger partial charge >= 0.3 is 5.97 Å². The van der Waals surface area contributed by atoms with Crippen molar-refractivity contribution in [3.8, 4) is 0 Å². The Morgan fingerprint density at radius 2 is 1.64 bits per heavy atom. The summed E-state index contributed by atoms with van der Waals surface area (Å²) in [6.07, 6.45) is 0. The minimum absolute atomic E-state index is 0.0834. The molecule has 0 heterocycles. The van der Waals surface area contributed by atoms with Crippen molar-refractivity contribution in [1.29, 1.82) is 0 Å². The molecule has 0 saturated heterocycles. The van der Waals surface area contributed by atoms with Gasteiger partial charge in [0.25, 0.3) is 0 Å². The van der Waals surface area contributed by atoms with Crippen LogP contribution in [0.15, 0.2) is 64.0 Å². The van der Waals surface area contributed by atoms with Crippen molar-refractivity contribution < 1.29 is 13.7 Å². The summed E-state index contributed by atoms with van der Waals surface area (Å²) in [7, 11) is -1.41. The van der Waals surface area contributed by atoms with Gasteiger partial charge in [-0.1, -0.05) is 51.8 Å². The van der Waals surface area contributed by atoms with Crippen LogP contribution in [0.5, 0.6) is 0 Å². The highest BCUT2D eigenvalue weighted by Crippen LogP contribution is 2.12. The van der Waals surface area contributed by atoms with Crippen molar-refractivity contribution in [2.75, 3.05) is 6.54 Å². The Kier molecular flexibility index (Phi) is 9.03. The maximum absolute atomic E-state index is 11.8. The number of carbonyl (C=O) groups excluding carboxylic acids is 1. The van der Waals surface area contributed by atoms with Gasteiger partial charge in [0.15, 0.2) is 0 Å². The van der Waals surface area contributed by atoms with Crippen molar-refractivity contribution in [3.05, 3.63) is 64.6 Å². The van der Waals surface area contributed by atoms with Crippen LogP contribution >= 0.6 is 15.9 Å². The minimum atomic E-state index is -1.41. The third kappa shape index (κ3) is 10.2. The fourth-order valence-corrected chi connectivity index (χ4v) is 2.74. The van der Waals surface area contributed by atoms with E-state index in [0.717, 1.165) is 4.47 Å². The average molecular weight is 426 g/mol. The lowest BCUT2D eigenvalue weighted by Gasteiger charge is -2.19. The molecule has 0 spiro atoms. The van der Waals surface area contributed by atoms with E-state index in [0.29, 0.717) is 4.90 Å².